The van der Waals surface area contributed by atoms with Crippen molar-refractivity contribution in [3.8, 4) is 0 Å². The van der Waals surface area contributed by atoms with E-state index in [9.17, 15) is 8.42 Å². The lowest BCUT2D eigenvalue weighted by Crippen LogP contribution is -2.22. The SMILES string of the molecule is CCCNCCOCCS(=O)(=O)CC. The van der Waals surface area contributed by atoms with E-state index in [0.29, 0.717) is 13.2 Å². The molecule has 0 fully saturated rings. The number of rotatable bonds is 9. The number of hydrogen-bond acceptors (Lipinski definition) is 4. The fourth-order valence-electron chi connectivity index (χ4n) is 0.878. The summed E-state index contributed by atoms with van der Waals surface area (Å²) in [5.74, 6) is 0.335. The molecule has 14 heavy (non-hydrogen) atoms. The predicted molar refractivity (Wildman–Crippen MR) is 58.3 cm³/mol. The van der Waals surface area contributed by atoms with E-state index in [-0.39, 0.29) is 11.5 Å². The Morgan fingerprint density at radius 1 is 1.14 bits per heavy atom. The predicted octanol–water partition coefficient (Wildman–Crippen LogP) is 0.437. The van der Waals surface area contributed by atoms with Crippen molar-refractivity contribution in [1.82, 2.24) is 5.32 Å². The second-order valence-corrected chi connectivity index (χ2v) is 5.57. The van der Waals surface area contributed by atoms with E-state index in [1.807, 2.05) is 0 Å². The third-order valence-electron chi connectivity index (χ3n) is 1.83. The van der Waals surface area contributed by atoms with Crippen LogP contribution in [-0.2, 0) is 14.6 Å². The summed E-state index contributed by atoms with van der Waals surface area (Å²) >= 11 is 0. The Balaban J connectivity index is 3.22. The first-order valence-electron chi connectivity index (χ1n) is 5.11. The summed E-state index contributed by atoms with van der Waals surface area (Å²) in [5, 5.41) is 3.17. The first-order chi connectivity index (χ1) is 6.62. The van der Waals surface area contributed by atoms with Crippen LogP contribution in [0.15, 0.2) is 0 Å². The van der Waals surface area contributed by atoms with E-state index in [0.717, 1.165) is 19.5 Å². The zero-order valence-electron chi connectivity index (χ0n) is 9.08. The van der Waals surface area contributed by atoms with Crippen LogP contribution in [0.2, 0.25) is 0 Å². The van der Waals surface area contributed by atoms with Gasteiger partial charge in [-0.2, -0.15) is 0 Å². The highest BCUT2D eigenvalue weighted by Gasteiger charge is 2.05. The number of hydrogen-bond donors (Lipinski definition) is 1. The molecule has 0 aromatic rings. The second-order valence-electron chi connectivity index (χ2n) is 3.10. The largest absolute Gasteiger partial charge is 0.379 e. The Morgan fingerprint density at radius 3 is 2.43 bits per heavy atom. The molecule has 0 bridgehead atoms. The van der Waals surface area contributed by atoms with Crippen molar-refractivity contribution in [2.45, 2.75) is 20.3 Å². The minimum absolute atomic E-state index is 0.136. The molecule has 0 saturated heterocycles. The van der Waals surface area contributed by atoms with Crippen LogP contribution in [0, 0.1) is 0 Å². The number of ether oxygens (including phenoxy) is 1. The molecule has 86 valence electrons. The quantitative estimate of drug-likeness (QED) is 0.576. The molecule has 0 aliphatic heterocycles. The van der Waals surface area contributed by atoms with E-state index >= 15 is 0 Å². The molecule has 0 radical (unpaired) electrons. The first kappa shape index (κ1) is 13.9. The summed E-state index contributed by atoms with van der Waals surface area (Å²) in [6.07, 6.45) is 1.10. The summed E-state index contributed by atoms with van der Waals surface area (Å²) in [6.45, 7) is 6.42. The van der Waals surface area contributed by atoms with Gasteiger partial charge in [0.1, 0.15) is 0 Å². The van der Waals surface area contributed by atoms with Crippen molar-refractivity contribution in [1.29, 1.82) is 0 Å². The second kappa shape index (κ2) is 8.20. The maximum absolute atomic E-state index is 11.0. The molecular formula is C9H21NO3S. The van der Waals surface area contributed by atoms with Gasteiger partial charge in [-0.05, 0) is 13.0 Å². The summed E-state index contributed by atoms with van der Waals surface area (Å²) in [5.41, 5.74) is 0. The van der Waals surface area contributed by atoms with E-state index < -0.39 is 9.84 Å². The van der Waals surface area contributed by atoms with Gasteiger partial charge in [0.2, 0.25) is 0 Å². The van der Waals surface area contributed by atoms with Crippen molar-refractivity contribution in [2.24, 2.45) is 0 Å². The Kier molecular flexibility index (Phi) is 8.12. The Labute approximate surface area is 86.9 Å². The average molecular weight is 223 g/mol. The molecular weight excluding hydrogens is 202 g/mol. The van der Waals surface area contributed by atoms with Gasteiger partial charge < -0.3 is 10.1 Å². The molecule has 0 heterocycles. The molecule has 0 unspecified atom stereocenters. The van der Waals surface area contributed by atoms with Gasteiger partial charge in [-0.3, -0.25) is 0 Å². The van der Waals surface area contributed by atoms with Gasteiger partial charge in [-0.25, -0.2) is 8.42 Å². The van der Waals surface area contributed by atoms with E-state index in [1.165, 1.54) is 0 Å². The van der Waals surface area contributed by atoms with Gasteiger partial charge in [0.05, 0.1) is 19.0 Å². The van der Waals surface area contributed by atoms with Crippen molar-refractivity contribution in [3.63, 3.8) is 0 Å². The van der Waals surface area contributed by atoms with Crippen LogP contribution in [0.25, 0.3) is 0 Å². The molecule has 0 rings (SSSR count). The molecule has 0 aromatic heterocycles. The standard InChI is InChI=1S/C9H21NO3S/c1-3-5-10-6-7-13-8-9-14(11,12)4-2/h10H,3-9H2,1-2H3. The maximum Gasteiger partial charge on any atom is 0.152 e. The molecule has 0 atom stereocenters. The molecule has 1 N–H and O–H groups in total. The molecule has 0 spiro atoms. The van der Waals surface area contributed by atoms with Gasteiger partial charge in [0.25, 0.3) is 0 Å². The van der Waals surface area contributed by atoms with Crippen LogP contribution in [0.1, 0.15) is 20.3 Å². The molecule has 4 nitrogen and oxygen atoms in total. The van der Waals surface area contributed by atoms with Gasteiger partial charge in [0, 0.05) is 12.3 Å². The Hall–Kier alpha value is -0.130. The maximum atomic E-state index is 11.0. The van der Waals surface area contributed by atoms with Gasteiger partial charge >= 0.3 is 0 Å². The molecule has 0 amide bonds. The summed E-state index contributed by atoms with van der Waals surface area (Å²) in [6, 6.07) is 0. The lowest BCUT2D eigenvalue weighted by atomic mass is 10.5. The molecule has 0 saturated carbocycles. The van der Waals surface area contributed by atoms with Crippen molar-refractivity contribution in [2.75, 3.05) is 37.8 Å². The van der Waals surface area contributed by atoms with Crippen LogP contribution in [0.5, 0.6) is 0 Å². The highest BCUT2D eigenvalue weighted by Crippen LogP contribution is 1.89. The van der Waals surface area contributed by atoms with Gasteiger partial charge in [-0.1, -0.05) is 13.8 Å². The van der Waals surface area contributed by atoms with Crippen LogP contribution in [0.4, 0.5) is 0 Å². The lowest BCUT2D eigenvalue weighted by Gasteiger charge is -2.05. The molecule has 5 heteroatoms. The average Bonchev–Trinajstić information content (AvgIpc) is 2.16. The smallest absolute Gasteiger partial charge is 0.152 e. The highest BCUT2D eigenvalue weighted by atomic mass is 32.2. The Bertz CT molecular complexity index is 214. The number of sulfone groups is 1. The van der Waals surface area contributed by atoms with Crippen molar-refractivity contribution >= 4 is 9.84 Å². The molecule has 0 aliphatic rings. The normalized spacial score (nSPS) is 11.9. The monoisotopic (exact) mass is 223 g/mol. The van der Waals surface area contributed by atoms with Crippen molar-refractivity contribution in [3.05, 3.63) is 0 Å². The zero-order valence-corrected chi connectivity index (χ0v) is 9.90. The summed E-state index contributed by atoms with van der Waals surface area (Å²) in [4.78, 5) is 0. The molecule has 0 aromatic carbocycles. The van der Waals surface area contributed by atoms with Crippen LogP contribution < -0.4 is 5.32 Å². The summed E-state index contributed by atoms with van der Waals surface area (Å²) in [7, 11) is -2.86. The minimum atomic E-state index is -2.86. The van der Waals surface area contributed by atoms with E-state index in [4.69, 9.17) is 4.74 Å². The summed E-state index contributed by atoms with van der Waals surface area (Å²) < 4.78 is 27.3. The zero-order chi connectivity index (χ0) is 10.9. The van der Waals surface area contributed by atoms with Crippen molar-refractivity contribution < 1.29 is 13.2 Å². The first-order valence-corrected chi connectivity index (χ1v) is 6.93. The van der Waals surface area contributed by atoms with Crippen LogP contribution >= 0.6 is 0 Å². The fourth-order valence-corrected chi connectivity index (χ4v) is 1.54. The lowest BCUT2D eigenvalue weighted by molar-refractivity contribution is 0.151. The number of nitrogens with one attached hydrogen (secondary N) is 1. The van der Waals surface area contributed by atoms with E-state index in [1.54, 1.807) is 6.92 Å². The van der Waals surface area contributed by atoms with Crippen LogP contribution in [0.3, 0.4) is 0 Å². The molecule has 0 aliphatic carbocycles. The van der Waals surface area contributed by atoms with E-state index in [2.05, 4.69) is 12.2 Å². The van der Waals surface area contributed by atoms with Crippen LogP contribution in [-0.4, -0.2) is 46.2 Å². The third-order valence-corrected chi connectivity index (χ3v) is 3.50. The topological polar surface area (TPSA) is 55.4 Å². The minimum Gasteiger partial charge on any atom is -0.379 e. The van der Waals surface area contributed by atoms with Gasteiger partial charge in [-0.15, -0.1) is 0 Å². The fraction of sp³-hybridized carbons (Fsp3) is 1.00. The Morgan fingerprint density at radius 2 is 1.86 bits per heavy atom. The van der Waals surface area contributed by atoms with Gasteiger partial charge in [0.15, 0.2) is 9.84 Å². The highest BCUT2D eigenvalue weighted by molar-refractivity contribution is 7.91. The third kappa shape index (κ3) is 8.47.